The largest absolute Gasteiger partial charge is 0.573 e. The maximum absolute atomic E-state index is 14.6. The van der Waals surface area contributed by atoms with Crippen LogP contribution >= 0.6 is 11.6 Å². The van der Waals surface area contributed by atoms with E-state index in [1.54, 1.807) is 0 Å². The van der Waals surface area contributed by atoms with Crippen molar-refractivity contribution in [1.29, 1.82) is 0 Å². The molecule has 0 aromatic heterocycles. The number of ether oxygens (including phenoxy) is 3. The summed E-state index contributed by atoms with van der Waals surface area (Å²) in [6.45, 7) is 2.39. The van der Waals surface area contributed by atoms with Crippen LogP contribution in [-0.2, 0) is 6.11 Å². The number of hydrogen-bond acceptors (Lipinski definition) is 3. The summed E-state index contributed by atoms with van der Waals surface area (Å²) in [7, 11) is 0. The number of rotatable bonds is 8. The maximum Gasteiger partial charge on any atom is 0.573 e. The summed E-state index contributed by atoms with van der Waals surface area (Å²) < 4.78 is 122. The van der Waals surface area contributed by atoms with Crippen LogP contribution in [0.3, 0.4) is 0 Å². The van der Waals surface area contributed by atoms with E-state index in [-0.39, 0.29) is 17.2 Å². The molecular formula is C26H17ClF8O3. The standard InChI is InChI=1S/C26H17ClF8O3/c1-2-3-10-36-17-8-7-16(21(28)13-17)6-4-15-5-9-19(22(29)11-15)25(31,32)37-18-12-20(27)24(23(30)14-18)38-26(33,34)35/h5,7-9,11-14H,2-3,10H2,1H3. The highest BCUT2D eigenvalue weighted by atomic mass is 35.5. The van der Waals surface area contributed by atoms with Crippen molar-refractivity contribution < 1.29 is 49.3 Å². The molecule has 0 aliphatic heterocycles. The number of halogens is 9. The van der Waals surface area contributed by atoms with Gasteiger partial charge in [-0.2, -0.15) is 8.78 Å². The summed E-state index contributed by atoms with van der Waals surface area (Å²) >= 11 is 5.49. The lowest BCUT2D eigenvalue weighted by Gasteiger charge is -2.20. The van der Waals surface area contributed by atoms with Crippen LogP contribution < -0.4 is 14.2 Å². The fourth-order valence-electron chi connectivity index (χ4n) is 3.00. The molecule has 0 saturated carbocycles. The average molecular weight is 565 g/mol. The van der Waals surface area contributed by atoms with Crippen molar-refractivity contribution in [3.8, 4) is 29.1 Å². The molecule has 0 aliphatic rings. The van der Waals surface area contributed by atoms with Gasteiger partial charge in [-0.05, 0) is 36.8 Å². The number of unbranched alkanes of at least 4 members (excludes halogenated alkanes) is 1. The first kappa shape index (κ1) is 28.9. The third kappa shape index (κ3) is 7.68. The van der Waals surface area contributed by atoms with E-state index in [2.05, 4.69) is 21.3 Å². The van der Waals surface area contributed by atoms with Crippen molar-refractivity contribution in [3.05, 3.63) is 87.7 Å². The van der Waals surface area contributed by atoms with E-state index < -0.39 is 52.0 Å². The molecule has 3 aromatic carbocycles. The monoisotopic (exact) mass is 564 g/mol. The van der Waals surface area contributed by atoms with Crippen molar-refractivity contribution in [2.45, 2.75) is 32.2 Å². The van der Waals surface area contributed by atoms with E-state index in [0.717, 1.165) is 25.0 Å². The summed E-state index contributed by atoms with van der Waals surface area (Å²) in [6, 6.07) is 6.91. The van der Waals surface area contributed by atoms with Crippen LogP contribution in [0, 0.1) is 29.3 Å². The Morgan fingerprint density at radius 1 is 0.789 bits per heavy atom. The first-order valence-electron chi connectivity index (χ1n) is 10.8. The molecule has 3 aromatic rings. The Morgan fingerprint density at radius 2 is 1.50 bits per heavy atom. The minimum atomic E-state index is -5.29. The number of benzene rings is 3. The van der Waals surface area contributed by atoms with Gasteiger partial charge in [0.05, 0.1) is 17.2 Å². The molecule has 0 spiro atoms. The minimum absolute atomic E-state index is 0.0390. The molecule has 0 atom stereocenters. The second-order valence-corrected chi connectivity index (χ2v) is 8.08. The van der Waals surface area contributed by atoms with Gasteiger partial charge in [-0.3, -0.25) is 0 Å². The van der Waals surface area contributed by atoms with E-state index in [1.165, 1.54) is 12.1 Å². The Morgan fingerprint density at radius 3 is 2.11 bits per heavy atom. The van der Waals surface area contributed by atoms with Gasteiger partial charge in [0.2, 0.25) is 0 Å². The van der Waals surface area contributed by atoms with E-state index in [9.17, 15) is 35.1 Å². The molecule has 0 saturated heterocycles. The highest BCUT2D eigenvalue weighted by Gasteiger charge is 2.39. The summed E-state index contributed by atoms with van der Waals surface area (Å²) in [4.78, 5) is 0. The zero-order chi connectivity index (χ0) is 28.1. The predicted molar refractivity (Wildman–Crippen MR) is 122 cm³/mol. The first-order chi connectivity index (χ1) is 17.8. The summed E-state index contributed by atoms with van der Waals surface area (Å²) in [5.41, 5.74) is -1.40. The van der Waals surface area contributed by atoms with Crippen LogP contribution in [0.2, 0.25) is 5.02 Å². The molecule has 0 unspecified atom stereocenters. The molecule has 3 nitrogen and oxygen atoms in total. The highest BCUT2D eigenvalue weighted by Crippen LogP contribution is 2.39. The van der Waals surface area contributed by atoms with Crippen molar-refractivity contribution in [2.24, 2.45) is 0 Å². The molecule has 0 amide bonds. The van der Waals surface area contributed by atoms with Gasteiger partial charge in [-0.15, -0.1) is 13.2 Å². The normalized spacial score (nSPS) is 11.5. The van der Waals surface area contributed by atoms with Crippen LogP contribution in [-0.4, -0.2) is 13.0 Å². The fourth-order valence-corrected chi connectivity index (χ4v) is 3.24. The Bertz CT molecular complexity index is 1340. The van der Waals surface area contributed by atoms with E-state index in [1.807, 2.05) is 6.92 Å². The first-order valence-corrected chi connectivity index (χ1v) is 11.2. The van der Waals surface area contributed by atoms with Crippen LogP contribution in [0.4, 0.5) is 35.1 Å². The Balaban J connectivity index is 1.77. The van der Waals surface area contributed by atoms with Crippen LogP contribution in [0.5, 0.6) is 17.2 Å². The average Bonchev–Trinajstić information content (AvgIpc) is 2.80. The molecule has 0 aliphatic carbocycles. The lowest BCUT2D eigenvalue weighted by molar-refractivity contribution is -0.275. The maximum atomic E-state index is 14.6. The van der Waals surface area contributed by atoms with Gasteiger partial charge in [0, 0.05) is 23.8 Å². The van der Waals surface area contributed by atoms with Crippen molar-refractivity contribution in [1.82, 2.24) is 0 Å². The highest BCUT2D eigenvalue weighted by molar-refractivity contribution is 6.32. The molecule has 38 heavy (non-hydrogen) atoms. The molecular weight excluding hydrogens is 548 g/mol. The van der Waals surface area contributed by atoms with Gasteiger partial charge in [-0.1, -0.05) is 36.8 Å². The van der Waals surface area contributed by atoms with Gasteiger partial charge >= 0.3 is 12.5 Å². The topological polar surface area (TPSA) is 27.7 Å². The Kier molecular flexibility index (Phi) is 8.99. The van der Waals surface area contributed by atoms with Crippen LogP contribution in [0.25, 0.3) is 0 Å². The van der Waals surface area contributed by atoms with Crippen molar-refractivity contribution >= 4 is 11.6 Å². The summed E-state index contributed by atoms with van der Waals surface area (Å²) in [5.74, 6) is -1.11. The minimum Gasteiger partial charge on any atom is -0.493 e. The molecule has 0 N–H and O–H groups in total. The summed E-state index contributed by atoms with van der Waals surface area (Å²) in [6.07, 6.45) is -7.98. The zero-order valence-electron chi connectivity index (χ0n) is 19.4. The van der Waals surface area contributed by atoms with Gasteiger partial charge in [0.1, 0.15) is 28.7 Å². The van der Waals surface area contributed by atoms with Gasteiger partial charge < -0.3 is 14.2 Å². The van der Waals surface area contributed by atoms with Crippen molar-refractivity contribution in [3.63, 3.8) is 0 Å². The smallest absolute Gasteiger partial charge is 0.493 e. The van der Waals surface area contributed by atoms with Gasteiger partial charge in [0.15, 0.2) is 11.6 Å². The Hall–Kier alpha value is -3.65. The zero-order valence-corrected chi connectivity index (χ0v) is 20.1. The van der Waals surface area contributed by atoms with E-state index in [0.29, 0.717) is 30.6 Å². The molecule has 0 radical (unpaired) electrons. The van der Waals surface area contributed by atoms with Crippen molar-refractivity contribution in [2.75, 3.05) is 6.61 Å². The lowest BCUT2D eigenvalue weighted by atomic mass is 10.1. The second-order valence-electron chi connectivity index (χ2n) is 7.67. The van der Waals surface area contributed by atoms with E-state index >= 15 is 0 Å². The molecule has 3 rings (SSSR count). The quantitative estimate of drug-likeness (QED) is 0.156. The molecule has 0 bridgehead atoms. The third-order valence-corrected chi connectivity index (χ3v) is 5.05. The SMILES string of the molecule is CCCCOc1ccc(C#Cc2ccc(C(F)(F)Oc3cc(F)c(OC(F)(F)F)c(Cl)c3)c(F)c2)c(F)c1. The second kappa shape index (κ2) is 11.8. The number of hydrogen-bond donors (Lipinski definition) is 0. The Labute approximate surface area is 216 Å². The number of alkyl halides is 5. The van der Waals surface area contributed by atoms with Crippen LogP contribution in [0.1, 0.15) is 36.5 Å². The molecule has 0 heterocycles. The van der Waals surface area contributed by atoms with Gasteiger partial charge in [-0.25, -0.2) is 13.2 Å². The molecule has 202 valence electrons. The molecule has 12 heteroatoms. The fraction of sp³-hybridized carbons (Fsp3) is 0.231. The van der Waals surface area contributed by atoms with E-state index in [4.69, 9.17) is 16.3 Å². The third-order valence-electron chi connectivity index (χ3n) is 4.77. The predicted octanol–water partition coefficient (Wildman–Crippen LogP) is 8.36. The van der Waals surface area contributed by atoms with Gasteiger partial charge in [0.25, 0.3) is 0 Å². The summed E-state index contributed by atoms with van der Waals surface area (Å²) in [5, 5.41) is -1.01. The molecule has 0 fully saturated rings. The lowest BCUT2D eigenvalue weighted by Crippen LogP contribution is -2.24. The van der Waals surface area contributed by atoms with Crippen LogP contribution in [0.15, 0.2) is 48.5 Å².